The number of benzene rings is 2. The third-order valence-corrected chi connectivity index (χ3v) is 3.50. The number of nitrogens with zero attached hydrogens (tertiary/aromatic N) is 2. The van der Waals surface area contributed by atoms with Gasteiger partial charge < -0.3 is 10.2 Å². The Kier molecular flexibility index (Phi) is 5.12. The first-order valence-corrected chi connectivity index (χ1v) is 7.18. The molecule has 1 N–H and O–H groups in total. The maximum Gasteiger partial charge on any atom is 0.292 e. The minimum atomic E-state index is -0.335. The summed E-state index contributed by atoms with van der Waals surface area (Å²) in [5.74, 6) is 0. The number of hydrogen-bond donors (Lipinski definition) is 1. The molecule has 22 heavy (non-hydrogen) atoms. The van der Waals surface area contributed by atoms with Gasteiger partial charge in [0.05, 0.1) is 4.92 Å². The quantitative estimate of drug-likeness (QED) is 0.657. The first-order chi connectivity index (χ1) is 10.5. The smallest absolute Gasteiger partial charge is 0.292 e. The van der Waals surface area contributed by atoms with Gasteiger partial charge in [-0.1, -0.05) is 35.9 Å². The average molecular weight is 299 g/mol. The van der Waals surface area contributed by atoms with Gasteiger partial charge in [-0.15, -0.1) is 0 Å². The second kappa shape index (κ2) is 7.04. The van der Waals surface area contributed by atoms with Gasteiger partial charge in [0.25, 0.3) is 5.69 Å². The van der Waals surface area contributed by atoms with Crippen molar-refractivity contribution < 1.29 is 4.92 Å². The summed E-state index contributed by atoms with van der Waals surface area (Å²) in [5, 5.41) is 14.5. The topological polar surface area (TPSA) is 58.4 Å². The highest BCUT2D eigenvalue weighted by Crippen LogP contribution is 2.27. The van der Waals surface area contributed by atoms with Crippen molar-refractivity contribution >= 4 is 11.4 Å². The molecule has 0 heterocycles. The summed E-state index contributed by atoms with van der Waals surface area (Å²) < 4.78 is 0. The van der Waals surface area contributed by atoms with Crippen LogP contribution in [0, 0.1) is 17.0 Å². The van der Waals surface area contributed by atoms with Crippen LogP contribution in [0.5, 0.6) is 0 Å². The number of rotatable bonds is 6. The van der Waals surface area contributed by atoms with Crippen molar-refractivity contribution in [3.63, 3.8) is 0 Å². The Balaban J connectivity index is 2.02. The molecule has 0 bridgehead atoms. The van der Waals surface area contributed by atoms with Crippen LogP contribution in [0.3, 0.4) is 0 Å². The van der Waals surface area contributed by atoms with Crippen LogP contribution in [0.4, 0.5) is 11.4 Å². The van der Waals surface area contributed by atoms with Crippen LogP contribution in [-0.4, -0.2) is 19.0 Å². The van der Waals surface area contributed by atoms with Crippen LogP contribution in [0.15, 0.2) is 42.5 Å². The Morgan fingerprint density at radius 2 is 1.64 bits per heavy atom. The van der Waals surface area contributed by atoms with Crippen molar-refractivity contribution in [2.24, 2.45) is 0 Å². The molecule has 0 fully saturated rings. The molecule has 0 amide bonds. The predicted molar refractivity (Wildman–Crippen MR) is 89.1 cm³/mol. The average Bonchev–Trinajstić information content (AvgIpc) is 2.49. The van der Waals surface area contributed by atoms with Crippen molar-refractivity contribution in [1.82, 2.24) is 5.32 Å². The van der Waals surface area contributed by atoms with Crippen LogP contribution in [0.1, 0.15) is 16.7 Å². The maximum atomic E-state index is 11.2. The summed E-state index contributed by atoms with van der Waals surface area (Å²) in [6, 6.07) is 13.7. The lowest BCUT2D eigenvalue weighted by atomic mass is 10.1. The molecular formula is C17H21N3O2. The minimum Gasteiger partial charge on any atom is -0.372 e. The summed E-state index contributed by atoms with van der Waals surface area (Å²) in [4.78, 5) is 12.6. The largest absolute Gasteiger partial charge is 0.372 e. The highest BCUT2D eigenvalue weighted by atomic mass is 16.6. The Labute approximate surface area is 130 Å². The number of nitro groups is 1. The molecule has 0 saturated carbocycles. The summed E-state index contributed by atoms with van der Waals surface area (Å²) in [6.45, 7) is 3.40. The molecule has 0 aliphatic carbocycles. The second-order valence-electron chi connectivity index (χ2n) is 5.56. The number of hydrogen-bond acceptors (Lipinski definition) is 4. The highest BCUT2D eigenvalue weighted by Gasteiger charge is 2.15. The molecule has 5 heteroatoms. The molecule has 0 spiro atoms. The first-order valence-electron chi connectivity index (χ1n) is 7.18. The van der Waals surface area contributed by atoms with E-state index in [1.54, 1.807) is 31.1 Å². The fourth-order valence-electron chi connectivity index (χ4n) is 2.26. The van der Waals surface area contributed by atoms with Gasteiger partial charge in [0.1, 0.15) is 5.69 Å². The highest BCUT2D eigenvalue weighted by molar-refractivity contribution is 5.63. The van der Waals surface area contributed by atoms with E-state index in [9.17, 15) is 10.1 Å². The lowest BCUT2D eigenvalue weighted by molar-refractivity contribution is -0.384. The monoisotopic (exact) mass is 299 g/mol. The van der Waals surface area contributed by atoms with Gasteiger partial charge >= 0.3 is 0 Å². The van der Waals surface area contributed by atoms with Crippen LogP contribution < -0.4 is 10.2 Å². The molecule has 0 atom stereocenters. The Morgan fingerprint density at radius 3 is 2.23 bits per heavy atom. The van der Waals surface area contributed by atoms with Gasteiger partial charge in [-0.05, 0) is 24.1 Å². The van der Waals surface area contributed by atoms with Gasteiger partial charge in [-0.3, -0.25) is 10.1 Å². The molecule has 0 radical (unpaired) electrons. The summed E-state index contributed by atoms with van der Waals surface area (Å²) >= 11 is 0. The van der Waals surface area contributed by atoms with Crippen LogP contribution in [0.2, 0.25) is 0 Å². The van der Waals surface area contributed by atoms with Crippen molar-refractivity contribution in [3.05, 3.63) is 69.3 Å². The standard InChI is InChI=1S/C17H21N3O2/c1-13-4-6-14(7-5-13)11-18-12-15-8-9-16(19(2)3)17(10-15)20(21)22/h4-10,18H,11-12H2,1-3H3. The molecule has 0 aliphatic rings. The summed E-state index contributed by atoms with van der Waals surface area (Å²) in [7, 11) is 3.61. The third-order valence-electron chi connectivity index (χ3n) is 3.50. The normalized spacial score (nSPS) is 10.5. The van der Waals surface area contributed by atoms with E-state index in [4.69, 9.17) is 0 Å². The van der Waals surface area contributed by atoms with Gasteiger partial charge in [-0.2, -0.15) is 0 Å². The molecule has 116 valence electrons. The number of nitro benzene ring substituents is 1. The Hall–Kier alpha value is -2.40. The molecule has 0 saturated heterocycles. The number of aryl methyl sites for hydroxylation is 1. The van der Waals surface area contributed by atoms with E-state index in [0.29, 0.717) is 12.2 Å². The maximum absolute atomic E-state index is 11.2. The third kappa shape index (κ3) is 4.05. The molecule has 2 rings (SSSR count). The van der Waals surface area contributed by atoms with E-state index in [2.05, 4.69) is 36.5 Å². The van der Waals surface area contributed by atoms with E-state index < -0.39 is 0 Å². The van der Waals surface area contributed by atoms with Crippen molar-refractivity contribution in [3.8, 4) is 0 Å². The van der Waals surface area contributed by atoms with Gasteiger partial charge in [0.15, 0.2) is 0 Å². The van der Waals surface area contributed by atoms with Gasteiger partial charge in [-0.25, -0.2) is 0 Å². The van der Waals surface area contributed by atoms with Crippen LogP contribution >= 0.6 is 0 Å². The van der Waals surface area contributed by atoms with Gasteiger partial charge in [0.2, 0.25) is 0 Å². The zero-order valence-corrected chi connectivity index (χ0v) is 13.2. The number of nitrogens with one attached hydrogen (secondary N) is 1. The predicted octanol–water partition coefficient (Wildman–Crippen LogP) is 3.26. The molecule has 0 aliphatic heterocycles. The molecule has 0 unspecified atom stereocenters. The van der Waals surface area contributed by atoms with Crippen molar-refractivity contribution in [2.45, 2.75) is 20.0 Å². The molecule has 5 nitrogen and oxygen atoms in total. The van der Waals surface area contributed by atoms with Gasteiger partial charge in [0, 0.05) is 33.3 Å². The Bertz CT molecular complexity index is 651. The fourth-order valence-corrected chi connectivity index (χ4v) is 2.26. The molecule has 2 aromatic rings. The van der Waals surface area contributed by atoms with E-state index in [-0.39, 0.29) is 10.6 Å². The van der Waals surface area contributed by atoms with E-state index in [1.165, 1.54) is 11.1 Å². The molecular weight excluding hydrogens is 278 g/mol. The summed E-state index contributed by atoms with van der Waals surface area (Å²) in [5.41, 5.74) is 4.10. The zero-order valence-electron chi connectivity index (χ0n) is 13.2. The number of anilines is 1. The lowest BCUT2D eigenvalue weighted by Gasteiger charge is -2.13. The second-order valence-corrected chi connectivity index (χ2v) is 5.56. The van der Waals surface area contributed by atoms with E-state index >= 15 is 0 Å². The van der Waals surface area contributed by atoms with E-state index in [0.717, 1.165) is 12.1 Å². The Morgan fingerprint density at radius 1 is 1.05 bits per heavy atom. The summed E-state index contributed by atoms with van der Waals surface area (Å²) in [6.07, 6.45) is 0. The fraction of sp³-hybridized carbons (Fsp3) is 0.294. The zero-order chi connectivity index (χ0) is 16.1. The van der Waals surface area contributed by atoms with Crippen molar-refractivity contribution in [2.75, 3.05) is 19.0 Å². The first kappa shape index (κ1) is 16.0. The van der Waals surface area contributed by atoms with Crippen LogP contribution in [-0.2, 0) is 13.1 Å². The SMILES string of the molecule is Cc1ccc(CNCc2ccc(N(C)C)c([N+](=O)[O-])c2)cc1. The molecule has 2 aromatic carbocycles. The molecule has 0 aromatic heterocycles. The van der Waals surface area contributed by atoms with E-state index in [1.807, 2.05) is 6.07 Å². The van der Waals surface area contributed by atoms with Crippen LogP contribution in [0.25, 0.3) is 0 Å². The van der Waals surface area contributed by atoms with Crippen molar-refractivity contribution in [1.29, 1.82) is 0 Å². The minimum absolute atomic E-state index is 0.139. The lowest BCUT2D eigenvalue weighted by Crippen LogP contribution is -2.14.